The van der Waals surface area contributed by atoms with E-state index in [1.807, 2.05) is 7.05 Å². The van der Waals surface area contributed by atoms with Gasteiger partial charge in [0.2, 0.25) is 0 Å². The van der Waals surface area contributed by atoms with Crippen molar-refractivity contribution >= 4 is 28.4 Å². The van der Waals surface area contributed by atoms with Crippen molar-refractivity contribution in [1.82, 2.24) is 9.97 Å². The summed E-state index contributed by atoms with van der Waals surface area (Å²) < 4.78 is 6.86. The Balaban J connectivity index is 2.49. The van der Waals surface area contributed by atoms with Crippen LogP contribution in [0.2, 0.25) is 0 Å². The topological polar surface area (TPSA) is 47.0 Å². The average Bonchev–Trinajstić information content (AvgIpc) is 2.93. The van der Waals surface area contributed by atoms with Crippen LogP contribution < -0.4 is 5.32 Å². The summed E-state index contributed by atoms with van der Waals surface area (Å²) in [6.45, 7) is 6.49. The van der Waals surface area contributed by atoms with E-state index in [1.165, 1.54) is 31.4 Å². The maximum atomic E-state index is 5.70. The molecule has 0 saturated heterocycles. The highest BCUT2D eigenvalue weighted by Gasteiger charge is 2.31. The van der Waals surface area contributed by atoms with Crippen molar-refractivity contribution in [1.29, 1.82) is 0 Å². The number of ether oxygens (including phenoxy) is 1. The third kappa shape index (κ3) is 3.67. The Labute approximate surface area is 141 Å². The van der Waals surface area contributed by atoms with Crippen molar-refractivity contribution in [2.45, 2.75) is 58.5 Å². The van der Waals surface area contributed by atoms with Gasteiger partial charge in [-0.15, -0.1) is 0 Å². The molecule has 4 nitrogen and oxygen atoms in total. The van der Waals surface area contributed by atoms with E-state index in [0.29, 0.717) is 5.92 Å². The number of aromatic nitrogens is 2. The number of rotatable bonds is 4. The molecule has 21 heavy (non-hydrogen) atoms. The fraction of sp³-hybridized carbons (Fsp3) is 0.750. The van der Waals surface area contributed by atoms with Crippen molar-refractivity contribution in [3.8, 4) is 0 Å². The molecular formula is C16H26IN3O. The Morgan fingerprint density at radius 3 is 2.33 bits per heavy atom. The average molecular weight is 403 g/mol. The molecule has 0 amide bonds. The van der Waals surface area contributed by atoms with E-state index in [2.05, 4.69) is 48.7 Å². The van der Waals surface area contributed by atoms with Crippen molar-refractivity contribution in [2.24, 2.45) is 5.41 Å². The molecule has 1 N–H and O–H groups in total. The first-order chi connectivity index (χ1) is 9.88. The monoisotopic (exact) mass is 403 g/mol. The zero-order valence-electron chi connectivity index (χ0n) is 13.7. The van der Waals surface area contributed by atoms with Crippen molar-refractivity contribution in [2.75, 3.05) is 19.5 Å². The minimum Gasteiger partial charge on any atom is -0.373 e. The van der Waals surface area contributed by atoms with Crippen LogP contribution in [0.5, 0.6) is 0 Å². The standard InChI is InChI=1S/C16H26IN3O/c1-16(2,3)13(21-5)15-19-12(10-8-6-7-9-10)11(17)14(18-4)20-15/h10,13H,6-9H2,1-5H3,(H,18,19,20). The predicted octanol–water partition coefficient (Wildman–Crippen LogP) is 4.51. The molecule has 1 aliphatic carbocycles. The summed E-state index contributed by atoms with van der Waals surface area (Å²) in [5, 5.41) is 3.22. The van der Waals surface area contributed by atoms with Gasteiger partial charge in [-0.25, -0.2) is 9.97 Å². The van der Waals surface area contributed by atoms with Gasteiger partial charge in [0.15, 0.2) is 5.82 Å². The molecule has 1 aliphatic rings. The van der Waals surface area contributed by atoms with Gasteiger partial charge in [-0.05, 0) is 40.8 Å². The molecular weight excluding hydrogens is 377 g/mol. The largest absolute Gasteiger partial charge is 0.373 e. The maximum absolute atomic E-state index is 5.70. The van der Waals surface area contributed by atoms with Crippen LogP contribution in [0.15, 0.2) is 0 Å². The number of nitrogens with one attached hydrogen (secondary N) is 1. The summed E-state index contributed by atoms with van der Waals surface area (Å²) in [4.78, 5) is 9.62. The van der Waals surface area contributed by atoms with Gasteiger partial charge in [0.05, 0.1) is 9.26 Å². The maximum Gasteiger partial charge on any atom is 0.160 e. The van der Waals surface area contributed by atoms with Crippen LogP contribution in [-0.4, -0.2) is 24.1 Å². The second kappa shape index (κ2) is 6.77. The van der Waals surface area contributed by atoms with E-state index >= 15 is 0 Å². The summed E-state index contributed by atoms with van der Waals surface area (Å²) >= 11 is 2.38. The Hall–Kier alpha value is -0.430. The highest BCUT2D eigenvalue weighted by Crippen LogP contribution is 2.40. The van der Waals surface area contributed by atoms with Gasteiger partial charge in [-0.3, -0.25) is 0 Å². The highest BCUT2D eigenvalue weighted by molar-refractivity contribution is 14.1. The zero-order valence-corrected chi connectivity index (χ0v) is 15.8. The van der Waals surface area contributed by atoms with Crippen LogP contribution in [-0.2, 0) is 4.74 Å². The number of methoxy groups -OCH3 is 1. The highest BCUT2D eigenvalue weighted by atomic mass is 127. The van der Waals surface area contributed by atoms with Crippen molar-refractivity contribution < 1.29 is 4.74 Å². The third-order valence-electron chi connectivity index (χ3n) is 4.13. The first kappa shape index (κ1) is 16.9. The van der Waals surface area contributed by atoms with E-state index in [9.17, 15) is 0 Å². The molecule has 0 aliphatic heterocycles. The van der Waals surface area contributed by atoms with E-state index in [1.54, 1.807) is 7.11 Å². The lowest BCUT2D eigenvalue weighted by molar-refractivity contribution is 0.00853. The molecule has 1 atom stereocenters. The summed E-state index contributed by atoms with van der Waals surface area (Å²) in [5.41, 5.74) is 1.17. The lowest BCUT2D eigenvalue weighted by atomic mass is 9.88. The van der Waals surface area contributed by atoms with Crippen LogP contribution in [0.4, 0.5) is 5.82 Å². The molecule has 0 aromatic carbocycles. The molecule has 1 heterocycles. The number of halogens is 1. The van der Waals surface area contributed by atoms with Gasteiger partial charge < -0.3 is 10.1 Å². The van der Waals surface area contributed by atoms with Gasteiger partial charge in [0.25, 0.3) is 0 Å². The summed E-state index contributed by atoms with van der Waals surface area (Å²) in [6.07, 6.45) is 5.00. The predicted molar refractivity (Wildman–Crippen MR) is 94.7 cm³/mol. The number of nitrogens with zero attached hydrogens (tertiary/aromatic N) is 2. The van der Waals surface area contributed by atoms with Crippen LogP contribution in [0.1, 0.15) is 70.0 Å². The van der Waals surface area contributed by atoms with Gasteiger partial charge >= 0.3 is 0 Å². The first-order valence-corrected chi connectivity index (χ1v) is 8.74. The first-order valence-electron chi connectivity index (χ1n) is 7.66. The van der Waals surface area contributed by atoms with Gasteiger partial charge in [0, 0.05) is 20.1 Å². The minimum absolute atomic E-state index is 0.0283. The molecule has 0 spiro atoms. The molecule has 2 rings (SSSR count). The van der Waals surface area contributed by atoms with E-state index in [-0.39, 0.29) is 11.5 Å². The Kier molecular flexibility index (Phi) is 5.46. The summed E-state index contributed by atoms with van der Waals surface area (Å²) in [7, 11) is 3.66. The Morgan fingerprint density at radius 1 is 1.24 bits per heavy atom. The van der Waals surface area contributed by atoms with Crippen LogP contribution >= 0.6 is 22.6 Å². The molecule has 1 saturated carbocycles. The molecule has 1 fully saturated rings. The van der Waals surface area contributed by atoms with Crippen molar-refractivity contribution in [3.63, 3.8) is 0 Å². The molecule has 1 aromatic heterocycles. The second-order valence-electron chi connectivity index (χ2n) is 6.84. The number of anilines is 1. The Morgan fingerprint density at radius 2 is 1.86 bits per heavy atom. The molecule has 5 heteroatoms. The van der Waals surface area contributed by atoms with Gasteiger partial charge in [-0.1, -0.05) is 33.6 Å². The Bertz CT molecular complexity index is 493. The SMILES string of the molecule is CNc1nc(C(OC)C(C)(C)C)nc(C2CCCC2)c1I. The fourth-order valence-corrected chi connectivity index (χ4v) is 4.03. The van der Waals surface area contributed by atoms with E-state index < -0.39 is 0 Å². The summed E-state index contributed by atoms with van der Waals surface area (Å²) in [5.74, 6) is 2.30. The van der Waals surface area contributed by atoms with Gasteiger partial charge in [-0.2, -0.15) is 0 Å². The summed E-state index contributed by atoms with van der Waals surface area (Å²) in [6, 6.07) is 0. The van der Waals surface area contributed by atoms with Crippen molar-refractivity contribution in [3.05, 3.63) is 15.1 Å². The minimum atomic E-state index is -0.0956. The molecule has 118 valence electrons. The van der Waals surface area contributed by atoms with Crippen LogP contribution in [0, 0.1) is 8.99 Å². The van der Waals surface area contributed by atoms with E-state index in [0.717, 1.165) is 15.2 Å². The van der Waals surface area contributed by atoms with Gasteiger partial charge in [0.1, 0.15) is 11.9 Å². The quantitative estimate of drug-likeness (QED) is 0.752. The second-order valence-corrected chi connectivity index (χ2v) is 7.92. The number of hydrogen-bond donors (Lipinski definition) is 1. The van der Waals surface area contributed by atoms with E-state index in [4.69, 9.17) is 14.7 Å². The molecule has 1 aromatic rings. The smallest absolute Gasteiger partial charge is 0.160 e. The molecule has 0 bridgehead atoms. The zero-order chi connectivity index (χ0) is 15.6. The molecule has 0 radical (unpaired) electrons. The molecule has 1 unspecified atom stereocenters. The third-order valence-corrected chi connectivity index (χ3v) is 5.19. The normalized spacial score (nSPS) is 18.0. The lowest BCUT2D eigenvalue weighted by Crippen LogP contribution is -2.24. The fourth-order valence-electron chi connectivity index (χ4n) is 3.08. The van der Waals surface area contributed by atoms with Crippen LogP contribution in [0.25, 0.3) is 0 Å². The van der Waals surface area contributed by atoms with Crippen LogP contribution in [0.3, 0.4) is 0 Å². The lowest BCUT2D eigenvalue weighted by Gasteiger charge is -2.29. The number of hydrogen-bond acceptors (Lipinski definition) is 4.